The molecule has 2 aromatic rings. The first-order chi connectivity index (χ1) is 8.25. The van der Waals surface area contributed by atoms with E-state index in [1.165, 1.54) is 5.69 Å². The van der Waals surface area contributed by atoms with Gasteiger partial charge in [-0.15, -0.1) is 0 Å². The van der Waals surface area contributed by atoms with E-state index in [2.05, 4.69) is 38.1 Å². The van der Waals surface area contributed by atoms with Crippen molar-refractivity contribution in [1.82, 2.24) is 25.1 Å². The normalized spacial score (nSPS) is 10.9. The van der Waals surface area contributed by atoms with Crippen LogP contribution in [0, 0.1) is 13.8 Å². The molecule has 0 aromatic carbocycles. The first kappa shape index (κ1) is 11.9. The lowest BCUT2D eigenvalue weighted by Crippen LogP contribution is -2.17. The summed E-state index contributed by atoms with van der Waals surface area (Å²) in [5.74, 6) is 0. The van der Waals surface area contributed by atoms with E-state index in [-0.39, 0.29) is 0 Å². The highest BCUT2D eigenvalue weighted by atomic mass is 15.3. The van der Waals surface area contributed by atoms with Gasteiger partial charge in [-0.25, -0.2) is 4.98 Å². The van der Waals surface area contributed by atoms with E-state index in [9.17, 15) is 0 Å². The summed E-state index contributed by atoms with van der Waals surface area (Å²) < 4.78 is 2.06. The molecule has 2 rings (SSSR count). The van der Waals surface area contributed by atoms with Gasteiger partial charge in [0.25, 0.3) is 0 Å². The Morgan fingerprint density at radius 1 is 1.41 bits per heavy atom. The molecular formula is C12H19N5. The van der Waals surface area contributed by atoms with Crippen molar-refractivity contribution in [2.24, 2.45) is 0 Å². The number of nitrogens with one attached hydrogen (secondary N) is 2. The van der Waals surface area contributed by atoms with Crippen LogP contribution >= 0.6 is 0 Å². The van der Waals surface area contributed by atoms with Crippen molar-refractivity contribution in [2.75, 3.05) is 6.54 Å². The number of aromatic nitrogens is 4. The van der Waals surface area contributed by atoms with E-state index in [1.54, 1.807) is 6.33 Å². The summed E-state index contributed by atoms with van der Waals surface area (Å²) in [5.41, 5.74) is 3.44. The molecule has 5 nitrogen and oxygen atoms in total. The largest absolute Gasteiger partial charge is 0.347 e. The van der Waals surface area contributed by atoms with Crippen LogP contribution in [0.5, 0.6) is 0 Å². The predicted octanol–water partition coefficient (Wildman–Crippen LogP) is 1.40. The third-order valence-electron chi connectivity index (χ3n) is 2.70. The Hall–Kier alpha value is -1.62. The molecule has 5 heteroatoms. The molecule has 92 valence electrons. The second kappa shape index (κ2) is 5.63. The monoisotopic (exact) mass is 233 g/mol. The molecule has 0 aliphatic carbocycles. The summed E-state index contributed by atoms with van der Waals surface area (Å²) in [4.78, 5) is 7.04. The van der Waals surface area contributed by atoms with Gasteiger partial charge in [0.1, 0.15) is 0 Å². The van der Waals surface area contributed by atoms with Gasteiger partial charge in [-0.1, -0.05) is 0 Å². The van der Waals surface area contributed by atoms with Gasteiger partial charge in [-0.2, -0.15) is 5.10 Å². The van der Waals surface area contributed by atoms with Crippen LogP contribution in [-0.2, 0) is 13.1 Å². The van der Waals surface area contributed by atoms with Crippen LogP contribution in [-0.4, -0.2) is 26.3 Å². The van der Waals surface area contributed by atoms with E-state index in [0.29, 0.717) is 0 Å². The standard InChI is InChI=1S/C12H19N5/c1-10-6-11(2)17(16-10)5-3-4-13-7-12-8-14-9-15-12/h6,8-9,13H,3-5,7H2,1-2H3,(H,14,15). The lowest BCUT2D eigenvalue weighted by atomic mass is 10.3. The number of H-pyrrole nitrogens is 1. The summed E-state index contributed by atoms with van der Waals surface area (Å²) in [6.45, 7) is 6.92. The Morgan fingerprint density at radius 3 is 2.94 bits per heavy atom. The van der Waals surface area contributed by atoms with Crippen LogP contribution in [0.25, 0.3) is 0 Å². The van der Waals surface area contributed by atoms with Gasteiger partial charge >= 0.3 is 0 Å². The van der Waals surface area contributed by atoms with Crippen molar-refractivity contribution in [1.29, 1.82) is 0 Å². The smallest absolute Gasteiger partial charge is 0.0922 e. The first-order valence-electron chi connectivity index (χ1n) is 5.95. The first-order valence-corrected chi connectivity index (χ1v) is 5.95. The Morgan fingerprint density at radius 2 is 2.29 bits per heavy atom. The van der Waals surface area contributed by atoms with Gasteiger partial charge in [0.2, 0.25) is 0 Å². The Kier molecular flexibility index (Phi) is 3.93. The van der Waals surface area contributed by atoms with Crippen molar-refractivity contribution in [3.8, 4) is 0 Å². The maximum atomic E-state index is 4.43. The van der Waals surface area contributed by atoms with Gasteiger partial charge in [-0.05, 0) is 32.9 Å². The lowest BCUT2D eigenvalue weighted by Gasteiger charge is -2.05. The molecule has 17 heavy (non-hydrogen) atoms. The maximum Gasteiger partial charge on any atom is 0.0922 e. The minimum absolute atomic E-state index is 0.844. The van der Waals surface area contributed by atoms with Crippen molar-refractivity contribution >= 4 is 0 Å². The SMILES string of the molecule is Cc1cc(C)n(CCCNCc2cnc[nH]2)n1. The zero-order valence-electron chi connectivity index (χ0n) is 10.4. The second-order valence-corrected chi connectivity index (χ2v) is 4.26. The van der Waals surface area contributed by atoms with E-state index >= 15 is 0 Å². The van der Waals surface area contributed by atoms with Crippen LogP contribution in [0.2, 0.25) is 0 Å². The summed E-state index contributed by atoms with van der Waals surface area (Å²) in [7, 11) is 0. The highest BCUT2D eigenvalue weighted by Crippen LogP contribution is 2.02. The minimum Gasteiger partial charge on any atom is -0.347 e. The number of hydrogen-bond acceptors (Lipinski definition) is 3. The highest BCUT2D eigenvalue weighted by Gasteiger charge is 1.99. The van der Waals surface area contributed by atoms with Crippen molar-refractivity contribution in [3.05, 3.63) is 35.7 Å². The zero-order valence-corrected chi connectivity index (χ0v) is 10.4. The molecule has 0 spiro atoms. The van der Waals surface area contributed by atoms with Crippen molar-refractivity contribution in [3.63, 3.8) is 0 Å². The quantitative estimate of drug-likeness (QED) is 0.742. The highest BCUT2D eigenvalue weighted by molar-refractivity contribution is 5.06. The van der Waals surface area contributed by atoms with Crippen LogP contribution in [0.3, 0.4) is 0 Å². The second-order valence-electron chi connectivity index (χ2n) is 4.26. The molecule has 2 N–H and O–H groups in total. The van der Waals surface area contributed by atoms with Crippen molar-refractivity contribution < 1.29 is 0 Å². The molecule has 0 aliphatic heterocycles. The number of aromatic amines is 1. The third-order valence-corrected chi connectivity index (χ3v) is 2.70. The number of nitrogens with zero attached hydrogens (tertiary/aromatic N) is 3. The number of imidazole rings is 1. The maximum absolute atomic E-state index is 4.43. The van der Waals surface area contributed by atoms with Crippen molar-refractivity contribution in [2.45, 2.75) is 33.4 Å². The molecule has 0 atom stereocenters. The average molecular weight is 233 g/mol. The summed E-state index contributed by atoms with van der Waals surface area (Å²) >= 11 is 0. The topological polar surface area (TPSA) is 58.5 Å². The van der Waals surface area contributed by atoms with E-state index in [1.807, 2.05) is 13.1 Å². The van der Waals surface area contributed by atoms with Gasteiger partial charge in [-0.3, -0.25) is 4.68 Å². The molecule has 0 saturated heterocycles. The third kappa shape index (κ3) is 3.42. The Labute approximate surface area is 101 Å². The lowest BCUT2D eigenvalue weighted by molar-refractivity contribution is 0.530. The summed E-state index contributed by atoms with van der Waals surface area (Å²) in [5, 5.41) is 7.80. The van der Waals surface area contributed by atoms with Crippen LogP contribution in [0.1, 0.15) is 23.5 Å². The van der Waals surface area contributed by atoms with E-state index in [0.717, 1.165) is 37.4 Å². The fourth-order valence-corrected chi connectivity index (χ4v) is 1.86. The summed E-state index contributed by atoms with van der Waals surface area (Å²) in [6.07, 6.45) is 4.62. The van der Waals surface area contributed by atoms with Crippen LogP contribution in [0.15, 0.2) is 18.6 Å². The molecular weight excluding hydrogens is 214 g/mol. The predicted molar refractivity (Wildman–Crippen MR) is 66.6 cm³/mol. The minimum atomic E-state index is 0.844. The summed E-state index contributed by atoms with van der Waals surface area (Å²) in [6, 6.07) is 2.11. The molecule has 0 bridgehead atoms. The van der Waals surface area contributed by atoms with E-state index < -0.39 is 0 Å². The fourth-order valence-electron chi connectivity index (χ4n) is 1.86. The molecule has 0 unspecified atom stereocenters. The number of rotatable bonds is 6. The molecule has 2 heterocycles. The van der Waals surface area contributed by atoms with Crippen LogP contribution < -0.4 is 5.32 Å². The Balaban J connectivity index is 1.65. The van der Waals surface area contributed by atoms with Gasteiger partial charge in [0.05, 0.1) is 12.0 Å². The van der Waals surface area contributed by atoms with Gasteiger partial charge < -0.3 is 10.3 Å². The molecule has 0 amide bonds. The number of aryl methyl sites for hydroxylation is 3. The molecule has 0 radical (unpaired) electrons. The molecule has 0 saturated carbocycles. The average Bonchev–Trinajstić information content (AvgIpc) is 2.89. The molecule has 0 fully saturated rings. The molecule has 2 aromatic heterocycles. The number of hydrogen-bond donors (Lipinski definition) is 2. The zero-order chi connectivity index (χ0) is 12.1. The van der Waals surface area contributed by atoms with Crippen LogP contribution in [0.4, 0.5) is 0 Å². The molecule has 0 aliphatic rings. The van der Waals surface area contributed by atoms with E-state index in [4.69, 9.17) is 0 Å². The van der Waals surface area contributed by atoms with Gasteiger partial charge in [0, 0.05) is 30.7 Å². The fraction of sp³-hybridized carbons (Fsp3) is 0.500. The van der Waals surface area contributed by atoms with Gasteiger partial charge in [0.15, 0.2) is 0 Å². The Bertz CT molecular complexity index is 443.